The lowest BCUT2D eigenvalue weighted by Gasteiger charge is -2.10. The number of fused-ring (bicyclic) bond motifs is 1. The maximum atomic E-state index is 6.04. The molecule has 0 atom stereocenters. The Hall–Kier alpha value is -1.93. The van der Waals surface area contributed by atoms with Gasteiger partial charge in [-0.2, -0.15) is 0 Å². The largest absolute Gasteiger partial charge is 0.363 e. The number of aromatic nitrogens is 3. The van der Waals surface area contributed by atoms with Crippen molar-refractivity contribution >= 4 is 80.6 Å². The second-order valence-corrected chi connectivity index (χ2v) is 6.76. The van der Waals surface area contributed by atoms with E-state index in [0.717, 1.165) is 6.54 Å². The number of anilines is 3. The number of rotatable bonds is 4. The topological polar surface area (TPSA) is 74.8 Å². The quantitative estimate of drug-likeness (QED) is 0.398. The van der Waals surface area contributed by atoms with Crippen LogP contribution in [0.25, 0.3) is 11.2 Å². The first-order chi connectivity index (χ1) is 12.5. The van der Waals surface area contributed by atoms with E-state index in [1.807, 2.05) is 13.0 Å². The number of nitrogens with one attached hydrogen (secondary N) is 3. The number of nitrogens with zero attached hydrogens (tertiary/aromatic N) is 3. The van der Waals surface area contributed by atoms with Gasteiger partial charge in [0, 0.05) is 12.2 Å². The summed E-state index contributed by atoms with van der Waals surface area (Å²) < 4.78 is 0. The third-order valence-corrected chi connectivity index (χ3v) is 4.69. The fourth-order valence-electron chi connectivity index (χ4n) is 2.12. The molecule has 0 aliphatic heterocycles. The van der Waals surface area contributed by atoms with Gasteiger partial charge in [0.1, 0.15) is 11.3 Å². The Morgan fingerprint density at radius 1 is 1.08 bits per heavy atom. The van der Waals surface area contributed by atoms with Crippen LogP contribution in [0.2, 0.25) is 15.1 Å². The summed E-state index contributed by atoms with van der Waals surface area (Å²) in [5.74, 6) is 1.07. The van der Waals surface area contributed by atoms with Crippen molar-refractivity contribution in [2.24, 2.45) is 0 Å². The van der Waals surface area contributed by atoms with E-state index in [-0.39, 0.29) is 0 Å². The maximum absolute atomic E-state index is 6.04. The van der Waals surface area contributed by atoms with Crippen molar-refractivity contribution < 1.29 is 0 Å². The summed E-state index contributed by atoms with van der Waals surface area (Å²) in [6, 6.07) is 6.91. The number of hydrogen-bond acceptors (Lipinski definition) is 5. The number of thiocarbonyl (C=S) groups is 1. The van der Waals surface area contributed by atoms with Crippen LogP contribution in [0.4, 0.5) is 17.3 Å². The van der Waals surface area contributed by atoms with E-state index in [1.165, 1.54) is 0 Å². The van der Waals surface area contributed by atoms with Crippen LogP contribution in [-0.4, -0.2) is 26.6 Å². The lowest BCUT2D eigenvalue weighted by molar-refractivity contribution is 0.978. The number of hydrogen-bond donors (Lipinski definition) is 3. The van der Waals surface area contributed by atoms with Crippen LogP contribution < -0.4 is 16.0 Å². The zero-order valence-electron chi connectivity index (χ0n) is 13.5. The molecule has 26 heavy (non-hydrogen) atoms. The Balaban J connectivity index is 1.87. The first-order valence-electron chi connectivity index (χ1n) is 7.56. The number of benzene rings is 1. The lowest BCUT2D eigenvalue weighted by atomic mass is 10.3. The first kappa shape index (κ1) is 18.8. The monoisotopic (exact) mass is 426 g/mol. The molecule has 0 radical (unpaired) electrons. The summed E-state index contributed by atoms with van der Waals surface area (Å²) in [5.41, 5.74) is 1.76. The average Bonchev–Trinajstić information content (AvgIpc) is 2.59. The van der Waals surface area contributed by atoms with Gasteiger partial charge in [0.15, 0.2) is 16.6 Å². The SMILES string of the molecule is CCNC(=S)Nc1ccc2ncc(Nc3cc(Cl)c(Cl)c(Cl)c3)nc2n1. The Morgan fingerprint density at radius 2 is 1.77 bits per heavy atom. The average molecular weight is 428 g/mol. The summed E-state index contributed by atoms with van der Waals surface area (Å²) >= 11 is 23.2. The Kier molecular flexibility index (Phi) is 5.93. The van der Waals surface area contributed by atoms with Gasteiger partial charge in [0.25, 0.3) is 0 Å². The van der Waals surface area contributed by atoms with E-state index < -0.39 is 0 Å². The summed E-state index contributed by atoms with van der Waals surface area (Å²) in [5, 5.41) is 10.6. The van der Waals surface area contributed by atoms with Crippen molar-refractivity contribution in [2.75, 3.05) is 17.2 Å². The molecule has 0 aliphatic carbocycles. The smallest absolute Gasteiger partial charge is 0.182 e. The molecule has 134 valence electrons. The number of pyridine rings is 1. The number of halogens is 3. The maximum Gasteiger partial charge on any atom is 0.182 e. The van der Waals surface area contributed by atoms with Crippen LogP contribution in [-0.2, 0) is 0 Å². The summed E-state index contributed by atoms with van der Waals surface area (Å²) in [7, 11) is 0. The molecule has 3 N–H and O–H groups in total. The van der Waals surface area contributed by atoms with Crippen LogP contribution >= 0.6 is 47.0 Å². The summed E-state index contributed by atoms with van der Waals surface area (Å²) in [6.07, 6.45) is 1.59. The second kappa shape index (κ2) is 8.18. The van der Waals surface area contributed by atoms with E-state index in [0.29, 0.717) is 48.7 Å². The highest BCUT2D eigenvalue weighted by Crippen LogP contribution is 2.34. The Morgan fingerprint density at radius 3 is 2.46 bits per heavy atom. The van der Waals surface area contributed by atoms with Gasteiger partial charge in [-0.1, -0.05) is 34.8 Å². The van der Waals surface area contributed by atoms with Gasteiger partial charge in [0.2, 0.25) is 0 Å². The molecular weight excluding hydrogens is 415 g/mol. The van der Waals surface area contributed by atoms with E-state index in [2.05, 4.69) is 30.9 Å². The van der Waals surface area contributed by atoms with E-state index in [1.54, 1.807) is 24.4 Å². The molecule has 3 aromatic rings. The molecular formula is C16H13Cl3N6S. The van der Waals surface area contributed by atoms with E-state index >= 15 is 0 Å². The van der Waals surface area contributed by atoms with Gasteiger partial charge >= 0.3 is 0 Å². The van der Waals surface area contributed by atoms with Crippen molar-refractivity contribution in [3.63, 3.8) is 0 Å². The highest BCUT2D eigenvalue weighted by atomic mass is 35.5. The van der Waals surface area contributed by atoms with Crippen LogP contribution in [0, 0.1) is 0 Å². The minimum atomic E-state index is 0.303. The van der Waals surface area contributed by atoms with Crippen LogP contribution in [0.15, 0.2) is 30.5 Å². The molecule has 0 spiro atoms. The fourth-order valence-corrected chi connectivity index (χ4v) is 2.97. The van der Waals surface area contributed by atoms with Crippen molar-refractivity contribution in [3.8, 4) is 0 Å². The minimum absolute atomic E-state index is 0.303. The molecule has 0 amide bonds. The minimum Gasteiger partial charge on any atom is -0.363 e. The molecule has 0 saturated carbocycles. The van der Waals surface area contributed by atoms with E-state index in [9.17, 15) is 0 Å². The predicted octanol–water partition coefficient (Wildman–Crippen LogP) is 5.03. The van der Waals surface area contributed by atoms with Gasteiger partial charge in [-0.3, -0.25) is 0 Å². The van der Waals surface area contributed by atoms with Gasteiger partial charge < -0.3 is 16.0 Å². The molecule has 0 bridgehead atoms. The Labute approximate surface area is 170 Å². The van der Waals surface area contributed by atoms with Crippen molar-refractivity contribution in [1.29, 1.82) is 0 Å². The third-order valence-electron chi connectivity index (χ3n) is 3.24. The molecule has 3 rings (SSSR count). The van der Waals surface area contributed by atoms with Crippen molar-refractivity contribution in [2.45, 2.75) is 6.92 Å². The molecule has 0 fully saturated rings. The zero-order chi connectivity index (χ0) is 18.7. The molecule has 2 aromatic heterocycles. The van der Waals surface area contributed by atoms with Crippen LogP contribution in [0.5, 0.6) is 0 Å². The molecule has 1 aromatic carbocycles. The van der Waals surface area contributed by atoms with E-state index in [4.69, 9.17) is 47.0 Å². The van der Waals surface area contributed by atoms with Crippen molar-refractivity contribution in [1.82, 2.24) is 20.3 Å². The zero-order valence-corrected chi connectivity index (χ0v) is 16.6. The first-order valence-corrected chi connectivity index (χ1v) is 9.10. The third kappa shape index (κ3) is 4.42. The van der Waals surface area contributed by atoms with Crippen LogP contribution in [0.1, 0.15) is 6.92 Å². The van der Waals surface area contributed by atoms with Crippen LogP contribution in [0.3, 0.4) is 0 Å². The molecule has 0 saturated heterocycles. The standard InChI is InChI=1S/C16H13Cl3N6S/c1-2-20-16(26)25-12-4-3-11-15(23-12)24-13(7-21-11)22-8-5-9(17)14(19)10(18)6-8/h3-7H,2H2,1H3,(H3,20,22,23,24,25,26). The van der Waals surface area contributed by atoms with Gasteiger partial charge in [-0.25, -0.2) is 15.0 Å². The predicted molar refractivity (Wildman–Crippen MR) is 112 cm³/mol. The highest BCUT2D eigenvalue weighted by Gasteiger charge is 2.08. The molecule has 10 heteroatoms. The summed E-state index contributed by atoms with van der Waals surface area (Å²) in [4.78, 5) is 13.2. The molecule has 0 aliphatic rings. The van der Waals surface area contributed by atoms with Gasteiger partial charge in [0.05, 0.1) is 21.3 Å². The van der Waals surface area contributed by atoms with Crippen molar-refractivity contribution in [3.05, 3.63) is 45.5 Å². The highest BCUT2D eigenvalue weighted by molar-refractivity contribution is 7.80. The lowest BCUT2D eigenvalue weighted by Crippen LogP contribution is -2.28. The summed E-state index contributed by atoms with van der Waals surface area (Å²) in [6.45, 7) is 2.68. The Bertz CT molecular complexity index is 958. The second-order valence-electron chi connectivity index (χ2n) is 5.16. The van der Waals surface area contributed by atoms with Gasteiger partial charge in [-0.05, 0) is 43.4 Å². The van der Waals surface area contributed by atoms with Gasteiger partial charge in [-0.15, -0.1) is 0 Å². The fraction of sp³-hybridized carbons (Fsp3) is 0.125. The normalized spacial score (nSPS) is 10.6. The molecule has 0 unspecified atom stereocenters. The molecule has 6 nitrogen and oxygen atoms in total. The molecule has 2 heterocycles.